The zero-order chi connectivity index (χ0) is 17.5. The molecule has 0 bridgehead atoms. The molecule has 3 N–H and O–H groups in total. The SMILES string of the molecule is CNC(Cc1c[nH]c2ccccc12)C(=O)CC(CCC#N)C(=O)O. The number of aromatic nitrogens is 1. The van der Waals surface area contributed by atoms with Gasteiger partial charge in [-0.1, -0.05) is 18.2 Å². The van der Waals surface area contributed by atoms with Crippen LogP contribution in [-0.4, -0.2) is 34.9 Å². The summed E-state index contributed by atoms with van der Waals surface area (Å²) in [6, 6.07) is 9.32. The second-order valence-corrected chi connectivity index (χ2v) is 5.81. The number of ketones is 1. The number of hydrogen-bond acceptors (Lipinski definition) is 4. The number of para-hydroxylation sites is 1. The third-order valence-corrected chi connectivity index (χ3v) is 4.24. The van der Waals surface area contributed by atoms with Crippen molar-refractivity contribution in [2.45, 2.75) is 31.7 Å². The smallest absolute Gasteiger partial charge is 0.306 e. The van der Waals surface area contributed by atoms with E-state index < -0.39 is 17.9 Å². The molecule has 0 radical (unpaired) electrons. The first-order chi connectivity index (χ1) is 11.6. The topological polar surface area (TPSA) is 106 Å². The number of carboxylic acids is 1. The second-order valence-electron chi connectivity index (χ2n) is 5.81. The highest BCUT2D eigenvalue weighted by molar-refractivity contribution is 5.89. The van der Waals surface area contributed by atoms with E-state index in [0.717, 1.165) is 16.5 Å². The van der Waals surface area contributed by atoms with Gasteiger partial charge in [-0.15, -0.1) is 0 Å². The summed E-state index contributed by atoms with van der Waals surface area (Å²) >= 11 is 0. The van der Waals surface area contributed by atoms with Gasteiger partial charge in [0.05, 0.1) is 18.0 Å². The van der Waals surface area contributed by atoms with Crippen molar-refractivity contribution in [3.8, 4) is 6.07 Å². The minimum atomic E-state index is -1.03. The Morgan fingerprint density at radius 2 is 2.12 bits per heavy atom. The van der Waals surface area contributed by atoms with Gasteiger partial charge in [0.15, 0.2) is 5.78 Å². The molecule has 2 aromatic rings. The Labute approximate surface area is 140 Å². The van der Waals surface area contributed by atoms with Crippen molar-refractivity contribution in [1.29, 1.82) is 5.26 Å². The van der Waals surface area contributed by atoms with Crippen molar-refractivity contribution in [2.75, 3.05) is 7.05 Å². The first kappa shape index (κ1) is 17.7. The summed E-state index contributed by atoms with van der Waals surface area (Å²) in [7, 11) is 1.70. The molecule has 0 aliphatic carbocycles. The lowest BCUT2D eigenvalue weighted by Gasteiger charge is -2.17. The van der Waals surface area contributed by atoms with E-state index in [2.05, 4.69) is 10.3 Å². The lowest BCUT2D eigenvalue weighted by atomic mass is 9.92. The summed E-state index contributed by atoms with van der Waals surface area (Å²) in [6.45, 7) is 0. The fraction of sp³-hybridized carbons (Fsp3) is 0.389. The molecule has 1 aromatic heterocycles. The quantitative estimate of drug-likeness (QED) is 0.655. The first-order valence-corrected chi connectivity index (χ1v) is 7.91. The minimum absolute atomic E-state index is 0.0646. The number of aliphatic carboxylic acids is 1. The van der Waals surface area contributed by atoms with E-state index in [0.29, 0.717) is 6.42 Å². The van der Waals surface area contributed by atoms with E-state index in [4.69, 9.17) is 5.26 Å². The van der Waals surface area contributed by atoms with Crippen molar-refractivity contribution in [2.24, 2.45) is 5.92 Å². The predicted molar refractivity (Wildman–Crippen MR) is 90.4 cm³/mol. The van der Waals surface area contributed by atoms with Gasteiger partial charge in [-0.2, -0.15) is 5.26 Å². The van der Waals surface area contributed by atoms with Crippen LogP contribution in [0.1, 0.15) is 24.8 Å². The van der Waals surface area contributed by atoms with E-state index in [1.807, 2.05) is 36.5 Å². The highest BCUT2D eigenvalue weighted by Crippen LogP contribution is 2.20. The number of H-pyrrole nitrogens is 1. The third-order valence-electron chi connectivity index (χ3n) is 4.24. The number of nitrogens with zero attached hydrogens (tertiary/aromatic N) is 1. The Balaban J connectivity index is 2.08. The molecule has 2 rings (SSSR count). The van der Waals surface area contributed by atoms with Crippen LogP contribution in [0.25, 0.3) is 10.9 Å². The van der Waals surface area contributed by atoms with Crippen LogP contribution in [0, 0.1) is 17.2 Å². The largest absolute Gasteiger partial charge is 0.481 e. The Morgan fingerprint density at radius 3 is 2.79 bits per heavy atom. The van der Waals surface area contributed by atoms with Crippen LogP contribution in [0.15, 0.2) is 30.5 Å². The number of Topliss-reactive ketones (excluding diaryl/α,β-unsaturated/α-hetero) is 1. The summed E-state index contributed by atoms with van der Waals surface area (Å²) in [6.07, 6.45) is 2.64. The molecule has 126 valence electrons. The average Bonchev–Trinajstić information content (AvgIpc) is 2.99. The van der Waals surface area contributed by atoms with Crippen LogP contribution in [0.3, 0.4) is 0 Å². The Bertz CT molecular complexity index is 760. The molecule has 1 heterocycles. The van der Waals surface area contributed by atoms with Crippen molar-refractivity contribution in [3.05, 3.63) is 36.0 Å². The van der Waals surface area contributed by atoms with Crippen molar-refractivity contribution >= 4 is 22.7 Å². The van der Waals surface area contributed by atoms with E-state index in [9.17, 15) is 14.7 Å². The number of carbonyl (C=O) groups is 2. The molecule has 0 saturated carbocycles. The maximum Gasteiger partial charge on any atom is 0.306 e. The summed E-state index contributed by atoms with van der Waals surface area (Å²) in [4.78, 5) is 26.9. The molecule has 0 aliphatic heterocycles. The number of nitrogens with one attached hydrogen (secondary N) is 2. The van der Waals surface area contributed by atoms with Gasteiger partial charge in [-0.25, -0.2) is 0 Å². The summed E-state index contributed by atoms with van der Waals surface area (Å²) in [5, 5.41) is 21.9. The number of fused-ring (bicyclic) bond motifs is 1. The molecule has 24 heavy (non-hydrogen) atoms. The van der Waals surface area contributed by atoms with Crippen molar-refractivity contribution in [1.82, 2.24) is 10.3 Å². The molecule has 0 saturated heterocycles. The molecular weight excluding hydrogens is 306 g/mol. The molecular formula is C18H21N3O3. The number of hydrogen-bond donors (Lipinski definition) is 3. The van der Waals surface area contributed by atoms with Crippen LogP contribution in [-0.2, 0) is 16.0 Å². The number of carboxylic acid groups (broad SMARTS) is 1. The molecule has 2 unspecified atom stereocenters. The lowest BCUT2D eigenvalue weighted by Crippen LogP contribution is -2.37. The Morgan fingerprint density at radius 1 is 1.38 bits per heavy atom. The molecule has 0 aliphatic rings. The van der Waals surface area contributed by atoms with Crippen LogP contribution < -0.4 is 5.32 Å². The van der Waals surface area contributed by atoms with Gasteiger partial charge in [0.25, 0.3) is 0 Å². The predicted octanol–water partition coefficient (Wildman–Crippen LogP) is 2.26. The van der Waals surface area contributed by atoms with Gasteiger partial charge in [-0.05, 0) is 31.5 Å². The van der Waals surface area contributed by atoms with Gasteiger partial charge in [-0.3, -0.25) is 9.59 Å². The second kappa shape index (κ2) is 8.27. The van der Waals surface area contributed by atoms with E-state index >= 15 is 0 Å². The first-order valence-electron chi connectivity index (χ1n) is 7.91. The van der Waals surface area contributed by atoms with Gasteiger partial charge in [0, 0.05) is 29.9 Å². The van der Waals surface area contributed by atoms with Crippen LogP contribution in [0.2, 0.25) is 0 Å². The van der Waals surface area contributed by atoms with Crippen LogP contribution in [0.4, 0.5) is 0 Å². The fourth-order valence-corrected chi connectivity index (χ4v) is 2.83. The number of benzene rings is 1. The molecule has 1 aromatic carbocycles. The van der Waals surface area contributed by atoms with E-state index in [1.165, 1.54) is 0 Å². The molecule has 0 fully saturated rings. The third kappa shape index (κ3) is 4.21. The molecule has 0 amide bonds. The average molecular weight is 327 g/mol. The Kier molecular flexibility index (Phi) is 6.10. The number of carbonyl (C=O) groups excluding carboxylic acids is 1. The minimum Gasteiger partial charge on any atom is -0.481 e. The van der Waals surface area contributed by atoms with Gasteiger partial charge in [0.1, 0.15) is 0 Å². The molecule has 2 atom stereocenters. The highest BCUT2D eigenvalue weighted by atomic mass is 16.4. The summed E-state index contributed by atoms with van der Waals surface area (Å²) < 4.78 is 0. The standard InChI is InChI=1S/C18H21N3O3/c1-20-16(17(22)10-12(18(23)24)5-4-8-19)9-13-11-21-15-7-3-2-6-14(13)15/h2-3,6-7,11-12,16,20-21H,4-5,9-10H2,1H3,(H,23,24). The molecule has 6 nitrogen and oxygen atoms in total. The van der Waals surface area contributed by atoms with Gasteiger partial charge in [0.2, 0.25) is 0 Å². The summed E-state index contributed by atoms with van der Waals surface area (Å²) in [5.41, 5.74) is 2.02. The molecule has 6 heteroatoms. The number of likely N-dealkylation sites (N-methyl/N-ethyl adjacent to an activating group) is 1. The fourth-order valence-electron chi connectivity index (χ4n) is 2.83. The number of rotatable bonds is 9. The summed E-state index contributed by atoms with van der Waals surface area (Å²) in [5.74, 6) is -1.98. The Hall–Kier alpha value is -2.65. The van der Waals surface area contributed by atoms with Crippen LogP contribution in [0.5, 0.6) is 0 Å². The van der Waals surface area contributed by atoms with Gasteiger partial charge < -0.3 is 15.4 Å². The number of aromatic amines is 1. The van der Waals surface area contributed by atoms with E-state index in [1.54, 1.807) is 7.05 Å². The number of nitriles is 1. The maximum absolute atomic E-state index is 12.5. The van der Waals surface area contributed by atoms with Crippen LogP contribution >= 0.6 is 0 Å². The highest BCUT2D eigenvalue weighted by Gasteiger charge is 2.26. The molecule has 0 spiro atoms. The normalized spacial score (nSPS) is 13.3. The monoisotopic (exact) mass is 327 g/mol. The zero-order valence-electron chi connectivity index (χ0n) is 13.6. The van der Waals surface area contributed by atoms with E-state index in [-0.39, 0.29) is 25.0 Å². The van der Waals surface area contributed by atoms with Gasteiger partial charge >= 0.3 is 5.97 Å². The lowest BCUT2D eigenvalue weighted by molar-refractivity contribution is -0.144. The zero-order valence-corrected chi connectivity index (χ0v) is 13.6. The maximum atomic E-state index is 12.5. The van der Waals surface area contributed by atoms with Crippen molar-refractivity contribution in [3.63, 3.8) is 0 Å². The van der Waals surface area contributed by atoms with Crippen molar-refractivity contribution < 1.29 is 14.7 Å².